The summed E-state index contributed by atoms with van der Waals surface area (Å²) >= 11 is 1.77. The lowest BCUT2D eigenvalue weighted by Gasteiger charge is -2.41. The zero-order valence-electron chi connectivity index (χ0n) is 13.1. The molecule has 0 saturated carbocycles. The Morgan fingerprint density at radius 1 is 1.43 bits per heavy atom. The number of rotatable bonds is 3. The minimum atomic E-state index is -0.349. The smallest absolute Gasteiger partial charge is 0.290 e. The molecule has 0 aliphatic carbocycles. The monoisotopic (exact) mass is 336 g/mol. The van der Waals surface area contributed by atoms with Crippen molar-refractivity contribution < 1.29 is 19.5 Å². The Balaban J connectivity index is 0.000000595. The molecule has 2 fully saturated rings. The predicted molar refractivity (Wildman–Crippen MR) is 87.9 cm³/mol. The highest BCUT2D eigenvalue weighted by molar-refractivity contribution is 8.01. The van der Waals surface area contributed by atoms with Gasteiger partial charge >= 0.3 is 0 Å². The maximum absolute atomic E-state index is 12.0. The van der Waals surface area contributed by atoms with Gasteiger partial charge in [0.05, 0.1) is 6.42 Å². The lowest BCUT2D eigenvalue weighted by atomic mass is 10.0. The molecule has 0 spiro atoms. The van der Waals surface area contributed by atoms with Crippen LogP contribution >= 0.6 is 11.8 Å². The summed E-state index contributed by atoms with van der Waals surface area (Å²) in [4.78, 5) is 34.3. The molecule has 6 nitrogen and oxygen atoms in total. The number of carbonyl (C=O) groups excluding carboxylic acids is 2. The van der Waals surface area contributed by atoms with E-state index < -0.39 is 0 Å². The number of carboxylic acid groups (broad SMARTS) is 1. The van der Waals surface area contributed by atoms with E-state index in [0.717, 1.165) is 12.1 Å². The SMILES string of the molecule is CC1(C)CN2C(=O)[C@@H](NC(=O)Cc3ccccc3)C2S1.O=CO. The first-order valence-electron chi connectivity index (χ1n) is 7.27. The molecule has 7 heteroatoms. The first-order valence-corrected chi connectivity index (χ1v) is 8.15. The van der Waals surface area contributed by atoms with E-state index >= 15 is 0 Å². The summed E-state index contributed by atoms with van der Waals surface area (Å²) in [5.41, 5.74) is 0.966. The molecule has 2 aliphatic rings. The third kappa shape index (κ3) is 4.04. The molecular weight excluding hydrogens is 316 g/mol. The van der Waals surface area contributed by atoms with Crippen molar-refractivity contribution in [2.75, 3.05) is 6.54 Å². The summed E-state index contributed by atoms with van der Waals surface area (Å²) in [6.07, 6.45) is 0.325. The van der Waals surface area contributed by atoms with Crippen LogP contribution in [-0.4, -0.2) is 51.0 Å². The summed E-state index contributed by atoms with van der Waals surface area (Å²) < 4.78 is 0.0826. The Kier molecular flexibility index (Phi) is 5.30. The van der Waals surface area contributed by atoms with Gasteiger partial charge in [-0.25, -0.2) is 0 Å². The number of carbonyl (C=O) groups is 3. The van der Waals surface area contributed by atoms with Crippen molar-refractivity contribution >= 4 is 30.0 Å². The molecule has 2 N–H and O–H groups in total. The van der Waals surface area contributed by atoms with Crippen molar-refractivity contribution in [3.63, 3.8) is 0 Å². The Hall–Kier alpha value is -2.02. The molecule has 1 aromatic rings. The second kappa shape index (κ2) is 7.04. The van der Waals surface area contributed by atoms with Gasteiger partial charge in [-0.15, -0.1) is 11.8 Å². The van der Waals surface area contributed by atoms with Gasteiger partial charge < -0.3 is 15.3 Å². The molecule has 1 unspecified atom stereocenters. The highest BCUT2D eigenvalue weighted by atomic mass is 32.2. The van der Waals surface area contributed by atoms with Crippen molar-refractivity contribution in [2.24, 2.45) is 0 Å². The minimum absolute atomic E-state index is 0.0505. The van der Waals surface area contributed by atoms with E-state index in [1.54, 1.807) is 11.8 Å². The largest absolute Gasteiger partial charge is 0.483 e. The normalized spacial score (nSPS) is 23.9. The molecule has 2 saturated heterocycles. The zero-order valence-corrected chi connectivity index (χ0v) is 13.9. The second-order valence-electron chi connectivity index (χ2n) is 6.05. The summed E-state index contributed by atoms with van der Waals surface area (Å²) in [6.45, 7) is 4.78. The van der Waals surface area contributed by atoms with Crippen LogP contribution in [-0.2, 0) is 20.8 Å². The van der Waals surface area contributed by atoms with Gasteiger partial charge in [-0.05, 0) is 19.4 Å². The number of nitrogens with zero attached hydrogens (tertiary/aromatic N) is 1. The van der Waals surface area contributed by atoms with Gasteiger partial charge in [-0.3, -0.25) is 14.4 Å². The van der Waals surface area contributed by atoms with Crippen LogP contribution in [0.5, 0.6) is 0 Å². The van der Waals surface area contributed by atoms with Crippen molar-refractivity contribution in [2.45, 2.75) is 36.4 Å². The molecule has 2 atom stereocenters. The molecule has 2 heterocycles. The van der Waals surface area contributed by atoms with E-state index in [9.17, 15) is 9.59 Å². The van der Waals surface area contributed by atoms with Crippen LogP contribution in [0.1, 0.15) is 19.4 Å². The molecular formula is C16H20N2O4S. The topological polar surface area (TPSA) is 86.7 Å². The second-order valence-corrected chi connectivity index (χ2v) is 7.87. The van der Waals surface area contributed by atoms with Gasteiger partial charge in [0.15, 0.2) is 0 Å². The van der Waals surface area contributed by atoms with Crippen LogP contribution in [0.2, 0.25) is 0 Å². The standard InChI is InChI=1S/C15H18N2O2S.CH2O2/c1-15(2)9-17-13(19)12(14(17)20-15)16-11(18)8-10-6-4-3-5-7-10;2-1-3/h3-7,12,14H,8-9H2,1-2H3,(H,16,18);1H,(H,2,3)/t12-,14?;/m1./s1. The average Bonchev–Trinajstić information content (AvgIpc) is 2.79. The van der Waals surface area contributed by atoms with Gasteiger partial charge in [0.2, 0.25) is 11.8 Å². The van der Waals surface area contributed by atoms with Crippen LogP contribution in [0.4, 0.5) is 0 Å². The number of thioether (sulfide) groups is 1. The maximum atomic E-state index is 12.0. The third-order valence-corrected chi connectivity index (χ3v) is 5.19. The molecule has 0 bridgehead atoms. The maximum Gasteiger partial charge on any atom is 0.290 e. The van der Waals surface area contributed by atoms with E-state index in [1.165, 1.54) is 0 Å². The van der Waals surface area contributed by atoms with Crippen LogP contribution < -0.4 is 5.32 Å². The molecule has 3 rings (SSSR count). The van der Waals surface area contributed by atoms with Crippen LogP contribution in [0.3, 0.4) is 0 Å². The van der Waals surface area contributed by atoms with Crippen molar-refractivity contribution in [3.05, 3.63) is 35.9 Å². The number of hydrogen-bond acceptors (Lipinski definition) is 4. The molecule has 0 aromatic heterocycles. The van der Waals surface area contributed by atoms with Crippen LogP contribution in [0.25, 0.3) is 0 Å². The van der Waals surface area contributed by atoms with Crippen LogP contribution in [0.15, 0.2) is 30.3 Å². The van der Waals surface area contributed by atoms with E-state index in [0.29, 0.717) is 6.42 Å². The molecule has 124 valence electrons. The molecule has 2 amide bonds. The quantitative estimate of drug-likeness (QED) is 0.638. The highest BCUT2D eigenvalue weighted by Gasteiger charge is 2.56. The van der Waals surface area contributed by atoms with Gasteiger partial charge in [-0.2, -0.15) is 0 Å². The fraction of sp³-hybridized carbons (Fsp3) is 0.438. The highest BCUT2D eigenvalue weighted by Crippen LogP contribution is 2.46. The average molecular weight is 336 g/mol. The Morgan fingerprint density at radius 3 is 2.65 bits per heavy atom. The number of fused-ring (bicyclic) bond motifs is 1. The van der Waals surface area contributed by atoms with E-state index in [2.05, 4.69) is 19.2 Å². The first kappa shape index (κ1) is 17.3. The Morgan fingerprint density at radius 2 is 2.04 bits per heavy atom. The fourth-order valence-corrected chi connectivity index (χ4v) is 4.23. The van der Waals surface area contributed by atoms with E-state index in [-0.39, 0.29) is 34.4 Å². The summed E-state index contributed by atoms with van der Waals surface area (Å²) in [5.74, 6) is -0.0333. The van der Waals surface area contributed by atoms with Crippen molar-refractivity contribution in [1.82, 2.24) is 10.2 Å². The summed E-state index contributed by atoms with van der Waals surface area (Å²) in [5, 5.41) is 9.87. The van der Waals surface area contributed by atoms with Crippen LogP contribution in [0, 0.1) is 0 Å². The molecule has 2 aliphatic heterocycles. The number of nitrogens with one attached hydrogen (secondary N) is 1. The van der Waals surface area contributed by atoms with Gasteiger partial charge in [0.25, 0.3) is 6.47 Å². The lowest BCUT2D eigenvalue weighted by Crippen LogP contribution is -2.67. The van der Waals surface area contributed by atoms with E-state index in [4.69, 9.17) is 9.90 Å². The summed E-state index contributed by atoms with van der Waals surface area (Å²) in [7, 11) is 0. The zero-order chi connectivity index (χ0) is 17.0. The first-order chi connectivity index (χ1) is 10.9. The minimum Gasteiger partial charge on any atom is -0.483 e. The van der Waals surface area contributed by atoms with Gasteiger partial charge in [-0.1, -0.05) is 30.3 Å². The molecule has 0 radical (unpaired) electrons. The number of amides is 2. The van der Waals surface area contributed by atoms with E-state index in [1.807, 2.05) is 35.2 Å². The molecule has 23 heavy (non-hydrogen) atoms. The van der Waals surface area contributed by atoms with Crippen molar-refractivity contribution in [1.29, 1.82) is 0 Å². The molecule has 1 aromatic carbocycles. The van der Waals surface area contributed by atoms with Gasteiger partial charge in [0, 0.05) is 11.3 Å². The Bertz CT molecular complexity index is 591. The number of benzene rings is 1. The predicted octanol–water partition coefficient (Wildman–Crippen LogP) is 1.11. The Labute approximate surface area is 139 Å². The van der Waals surface area contributed by atoms with Crippen molar-refractivity contribution in [3.8, 4) is 0 Å². The third-order valence-electron chi connectivity index (χ3n) is 3.66. The number of β-lactam (4-membered cyclic amide) rings is 1. The number of hydrogen-bond donors (Lipinski definition) is 2. The summed E-state index contributed by atoms with van der Waals surface area (Å²) in [6, 6.07) is 9.23. The van der Waals surface area contributed by atoms with Gasteiger partial charge in [0.1, 0.15) is 11.4 Å². The fourth-order valence-electron chi connectivity index (χ4n) is 2.74. The lowest BCUT2D eigenvalue weighted by molar-refractivity contribution is -0.147.